The number of rotatable bonds is 4. The summed E-state index contributed by atoms with van der Waals surface area (Å²) in [5, 5.41) is 14.3. The minimum absolute atomic E-state index is 0.340. The van der Waals surface area contributed by atoms with Gasteiger partial charge in [-0.1, -0.05) is 41.5 Å². The van der Waals surface area contributed by atoms with Gasteiger partial charge in [-0.3, -0.25) is 0 Å². The van der Waals surface area contributed by atoms with Gasteiger partial charge in [0.25, 0.3) is 0 Å². The zero-order valence-electron chi connectivity index (χ0n) is 16.3. The van der Waals surface area contributed by atoms with Crippen molar-refractivity contribution in [3.63, 3.8) is 0 Å². The van der Waals surface area contributed by atoms with E-state index < -0.39 is 0 Å². The lowest BCUT2D eigenvalue weighted by Gasteiger charge is -2.34. The molecule has 0 atom stereocenters. The monoisotopic (exact) mass is 386 g/mol. The van der Waals surface area contributed by atoms with Crippen LogP contribution in [0.4, 0.5) is 5.69 Å². The molecule has 1 aromatic heterocycles. The predicted molar refractivity (Wildman–Crippen MR) is 113 cm³/mol. The third kappa shape index (κ3) is 3.52. The van der Waals surface area contributed by atoms with Gasteiger partial charge in [0.1, 0.15) is 5.75 Å². The molecule has 0 aliphatic carbocycles. The number of hydrogen-bond acceptors (Lipinski definition) is 6. The summed E-state index contributed by atoms with van der Waals surface area (Å²) >= 11 is 0. The van der Waals surface area contributed by atoms with Crippen molar-refractivity contribution in [2.75, 3.05) is 38.1 Å². The smallest absolute Gasteiger partial charge is 0.345 e. The molecule has 29 heavy (non-hydrogen) atoms. The second kappa shape index (κ2) is 7.52. The van der Waals surface area contributed by atoms with E-state index in [1.54, 1.807) is 4.68 Å². The molecule has 0 N–H and O–H groups in total. The number of likely N-dealkylation sites (N-methyl/N-ethyl adjacent to an activating group) is 1. The summed E-state index contributed by atoms with van der Waals surface area (Å²) in [5.41, 5.74) is 2.09. The first-order valence-electron chi connectivity index (χ1n) is 9.76. The fourth-order valence-electron chi connectivity index (χ4n) is 3.70. The van der Waals surface area contributed by atoms with Crippen LogP contribution < -0.4 is 9.64 Å². The number of tetrazole rings is 1. The third-order valence-electron chi connectivity index (χ3n) is 5.33. The van der Waals surface area contributed by atoms with Gasteiger partial charge in [-0.25, -0.2) is 0 Å². The molecular weight excluding hydrogens is 364 g/mol. The lowest BCUT2D eigenvalue weighted by molar-refractivity contribution is 0.313. The fraction of sp³-hybridized carbons (Fsp3) is 0.227. The highest BCUT2D eigenvalue weighted by molar-refractivity contribution is 5.95. The van der Waals surface area contributed by atoms with Crippen molar-refractivity contribution in [1.29, 1.82) is 0 Å². The standard InChI is InChI=1S/C22H22N6O/c1-26-12-14-27(15-13-26)21-9-5-6-17-10-11-19(16-20(17)21)29-22-23-24-25-28(22)18-7-3-2-4-8-18/h2-11,16H,12-15H2,1H3. The summed E-state index contributed by atoms with van der Waals surface area (Å²) in [7, 11) is 2.17. The first-order valence-corrected chi connectivity index (χ1v) is 9.76. The number of benzene rings is 3. The first kappa shape index (κ1) is 17.6. The molecule has 1 fully saturated rings. The molecular formula is C22H22N6O. The van der Waals surface area contributed by atoms with Crippen molar-refractivity contribution in [2.24, 2.45) is 0 Å². The average Bonchev–Trinajstić information content (AvgIpc) is 3.23. The number of nitrogens with zero attached hydrogens (tertiary/aromatic N) is 6. The van der Waals surface area contributed by atoms with Crippen LogP contribution in [0, 0.1) is 0 Å². The molecule has 3 aromatic carbocycles. The van der Waals surface area contributed by atoms with Gasteiger partial charge in [0.2, 0.25) is 0 Å². The predicted octanol–water partition coefficient (Wildman–Crippen LogP) is 3.36. The molecule has 4 aromatic rings. The first-order chi connectivity index (χ1) is 14.3. The van der Waals surface area contributed by atoms with Crippen LogP contribution in [0.5, 0.6) is 11.8 Å². The number of para-hydroxylation sites is 1. The molecule has 0 unspecified atom stereocenters. The molecule has 0 radical (unpaired) electrons. The molecule has 0 amide bonds. The Balaban J connectivity index is 1.48. The number of hydrogen-bond donors (Lipinski definition) is 0. The maximum Gasteiger partial charge on any atom is 0.345 e. The van der Waals surface area contributed by atoms with Gasteiger partial charge in [0.15, 0.2) is 0 Å². The topological polar surface area (TPSA) is 59.3 Å². The SMILES string of the molecule is CN1CCN(c2cccc3ccc(Oc4nnnn4-c4ccccc4)cc23)CC1. The van der Waals surface area contributed by atoms with Gasteiger partial charge in [-0.2, -0.15) is 4.68 Å². The number of ether oxygens (including phenoxy) is 1. The van der Waals surface area contributed by atoms with E-state index in [1.165, 1.54) is 16.5 Å². The molecule has 5 rings (SSSR count). The molecule has 1 saturated heterocycles. The molecule has 1 aliphatic rings. The fourth-order valence-corrected chi connectivity index (χ4v) is 3.70. The number of anilines is 1. The number of fused-ring (bicyclic) bond motifs is 1. The van der Waals surface area contributed by atoms with Crippen molar-refractivity contribution in [1.82, 2.24) is 25.1 Å². The van der Waals surface area contributed by atoms with E-state index >= 15 is 0 Å². The van der Waals surface area contributed by atoms with Crippen molar-refractivity contribution < 1.29 is 4.74 Å². The van der Waals surface area contributed by atoms with Crippen LogP contribution in [0.1, 0.15) is 0 Å². The highest BCUT2D eigenvalue weighted by Gasteiger charge is 2.17. The summed E-state index contributed by atoms with van der Waals surface area (Å²) in [6.07, 6.45) is 0. The Bertz CT molecular complexity index is 1120. The highest BCUT2D eigenvalue weighted by atomic mass is 16.5. The highest BCUT2D eigenvalue weighted by Crippen LogP contribution is 2.32. The quantitative estimate of drug-likeness (QED) is 0.536. The molecule has 146 valence electrons. The Morgan fingerprint density at radius 3 is 2.52 bits per heavy atom. The van der Waals surface area contributed by atoms with E-state index in [-0.39, 0.29) is 0 Å². The third-order valence-corrected chi connectivity index (χ3v) is 5.33. The van der Waals surface area contributed by atoms with Gasteiger partial charge >= 0.3 is 6.01 Å². The van der Waals surface area contributed by atoms with E-state index in [0.29, 0.717) is 11.8 Å². The lowest BCUT2D eigenvalue weighted by Crippen LogP contribution is -2.44. The zero-order chi connectivity index (χ0) is 19.6. The Morgan fingerprint density at radius 1 is 0.862 bits per heavy atom. The summed E-state index contributed by atoms with van der Waals surface area (Å²) in [6.45, 7) is 4.18. The van der Waals surface area contributed by atoms with Crippen molar-refractivity contribution in [3.8, 4) is 17.4 Å². The Labute approximate surface area is 169 Å². The van der Waals surface area contributed by atoms with Crippen LogP contribution in [0.15, 0.2) is 66.7 Å². The average molecular weight is 386 g/mol. The van der Waals surface area contributed by atoms with E-state index in [2.05, 4.69) is 62.7 Å². The number of aromatic nitrogens is 4. The van der Waals surface area contributed by atoms with Crippen molar-refractivity contribution >= 4 is 16.5 Å². The summed E-state index contributed by atoms with van der Waals surface area (Å²) in [5.74, 6) is 0.714. The second-order valence-corrected chi connectivity index (χ2v) is 7.26. The minimum atomic E-state index is 0.340. The van der Waals surface area contributed by atoms with E-state index in [4.69, 9.17) is 4.74 Å². The van der Waals surface area contributed by atoms with Crippen LogP contribution in [-0.2, 0) is 0 Å². The van der Waals surface area contributed by atoms with Crippen LogP contribution in [-0.4, -0.2) is 58.3 Å². The Kier molecular flexibility index (Phi) is 4.57. The second-order valence-electron chi connectivity index (χ2n) is 7.26. The van der Waals surface area contributed by atoms with Gasteiger partial charge < -0.3 is 14.5 Å². The molecule has 7 nitrogen and oxygen atoms in total. The van der Waals surface area contributed by atoms with Crippen LogP contribution in [0.2, 0.25) is 0 Å². The van der Waals surface area contributed by atoms with Gasteiger partial charge in [-0.15, -0.1) is 0 Å². The molecule has 0 bridgehead atoms. The lowest BCUT2D eigenvalue weighted by atomic mass is 10.1. The largest absolute Gasteiger partial charge is 0.423 e. The van der Waals surface area contributed by atoms with E-state index in [9.17, 15) is 0 Å². The minimum Gasteiger partial charge on any atom is -0.423 e. The summed E-state index contributed by atoms with van der Waals surface area (Å²) in [6, 6.07) is 22.6. The van der Waals surface area contributed by atoms with Gasteiger partial charge in [0, 0.05) is 37.3 Å². The maximum absolute atomic E-state index is 6.07. The Hall–Kier alpha value is -3.45. The number of piperazine rings is 1. The molecule has 7 heteroatoms. The van der Waals surface area contributed by atoms with E-state index in [1.807, 2.05) is 36.4 Å². The molecule has 0 spiro atoms. The molecule has 1 aliphatic heterocycles. The zero-order valence-corrected chi connectivity index (χ0v) is 16.3. The molecule has 0 saturated carbocycles. The van der Waals surface area contributed by atoms with Crippen molar-refractivity contribution in [3.05, 3.63) is 66.7 Å². The van der Waals surface area contributed by atoms with Crippen molar-refractivity contribution in [2.45, 2.75) is 0 Å². The van der Waals surface area contributed by atoms with E-state index in [0.717, 1.165) is 31.9 Å². The van der Waals surface area contributed by atoms with Crippen LogP contribution in [0.25, 0.3) is 16.5 Å². The van der Waals surface area contributed by atoms with Crippen LogP contribution >= 0.6 is 0 Å². The maximum atomic E-state index is 6.07. The van der Waals surface area contributed by atoms with Gasteiger partial charge in [0.05, 0.1) is 5.69 Å². The molecule has 2 heterocycles. The Morgan fingerprint density at radius 2 is 1.69 bits per heavy atom. The summed E-state index contributed by atoms with van der Waals surface area (Å²) in [4.78, 5) is 4.81. The van der Waals surface area contributed by atoms with Crippen LogP contribution in [0.3, 0.4) is 0 Å². The van der Waals surface area contributed by atoms with Gasteiger partial charge in [-0.05, 0) is 53.2 Å². The summed E-state index contributed by atoms with van der Waals surface area (Å²) < 4.78 is 7.67. The normalized spacial score (nSPS) is 15.0.